The van der Waals surface area contributed by atoms with Crippen molar-refractivity contribution in [2.24, 2.45) is 0 Å². The molecule has 0 radical (unpaired) electrons. The fraction of sp³-hybridized carbons (Fsp3) is 0.538. The van der Waals surface area contributed by atoms with Gasteiger partial charge in [0.05, 0.1) is 10.8 Å². The maximum atomic E-state index is 13.9. The molecular formula is C13H18F3NO2S. The van der Waals surface area contributed by atoms with Crippen molar-refractivity contribution in [3.8, 4) is 0 Å². The molecule has 1 N–H and O–H groups in total. The van der Waals surface area contributed by atoms with Crippen LogP contribution in [0.4, 0.5) is 13.2 Å². The minimum absolute atomic E-state index is 0.305. The van der Waals surface area contributed by atoms with E-state index in [0.717, 1.165) is 6.26 Å². The first-order valence-electron chi connectivity index (χ1n) is 6.09. The zero-order valence-electron chi connectivity index (χ0n) is 11.8. The van der Waals surface area contributed by atoms with Crippen molar-refractivity contribution >= 4 is 9.84 Å². The van der Waals surface area contributed by atoms with E-state index >= 15 is 0 Å². The lowest BCUT2D eigenvalue weighted by molar-refractivity contribution is 0.394. The average Bonchev–Trinajstić information content (AvgIpc) is 2.24. The second-order valence-corrected chi connectivity index (χ2v) is 7.75. The monoisotopic (exact) mass is 309 g/mol. The van der Waals surface area contributed by atoms with Gasteiger partial charge in [0, 0.05) is 24.0 Å². The minimum atomic E-state index is -3.61. The van der Waals surface area contributed by atoms with Crippen LogP contribution in [0.1, 0.15) is 32.4 Å². The number of sulfone groups is 1. The van der Waals surface area contributed by atoms with E-state index in [1.807, 2.05) is 0 Å². The van der Waals surface area contributed by atoms with Gasteiger partial charge in [-0.25, -0.2) is 21.6 Å². The Morgan fingerprint density at radius 3 is 2.00 bits per heavy atom. The van der Waals surface area contributed by atoms with Crippen molar-refractivity contribution in [1.29, 1.82) is 0 Å². The van der Waals surface area contributed by atoms with E-state index in [-0.39, 0.29) is 0 Å². The molecule has 7 heteroatoms. The van der Waals surface area contributed by atoms with E-state index in [4.69, 9.17) is 0 Å². The highest BCUT2D eigenvalue weighted by molar-refractivity contribution is 7.92. The number of benzene rings is 1. The van der Waals surface area contributed by atoms with Crippen LogP contribution < -0.4 is 5.32 Å². The molecule has 1 aromatic carbocycles. The smallest absolute Gasteiger partial charge is 0.154 e. The van der Waals surface area contributed by atoms with E-state index in [9.17, 15) is 21.6 Å². The molecule has 1 rings (SSSR count). The topological polar surface area (TPSA) is 46.2 Å². The molecule has 1 aromatic rings. The van der Waals surface area contributed by atoms with Crippen molar-refractivity contribution in [3.63, 3.8) is 0 Å². The Kier molecular flexibility index (Phi) is 4.86. The molecule has 0 fully saturated rings. The van der Waals surface area contributed by atoms with E-state index in [2.05, 4.69) is 5.32 Å². The summed E-state index contributed by atoms with van der Waals surface area (Å²) in [7, 11) is -3.61. The van der Waals surface area contributed by atoms with Crippen molar-refractivity contribution in [1.82, 2.24) is 5.32 Å². The second kappa shape index (κ2) is 5.73. The lowest BCUT2D eigenvalue weighted by atomic mass is 9.94. The molecule has 0 aromatic heterocycles. The quantitative estimate of drug-likeness (QED) is 0.909. The van der Waals surface area contributed by atoms with E-state index in [1.54, 1.807) is 6.92 Å². The standard InChI is InChI=1S/C13H18F3NO2S/c1-5-17-12(13(2,3)20(4,18)19)11-9(15)6-8(14)7-10(11)16/h6-7,12,17H,5H2,1-4H3. The fourth-order valence-corrected chi connectivity index (χ4v) is 2.57. The Balaban J connectivity index is 3.51. The summed E-state index contributed by atoms with van der Waals surface area (Å²) in [5.41, 5.74) is -0.469. The second-order valence-electron chi connectivity index (χ2n) is 5.15. The Hall–Kier alpha value is -1.08. The van der Waals surface area contributed by atoms with Crippen molar-refractivity contribution in [2.75, 3.05) is 12.8 Å². The van der Waals surface area contributed by atoms with Gasteiger partial charge in [-0.2, -0.15) is 0 Å². The normalized spacial score (nSPS) is 14.3. The van der Waals surface area contributed by atoms with Crippen molar-refractivity contribution < 1.29 is 21.6 Å². The molecule has 0 bridgehead atoms. The molecule has 1 unspecified atom stereocenters. The molecule has 20 heavy (non-hydrogen) atoms. The van der Waals surface area contributed by atoms with Gasteiger partial charge in [-0.3, -0.25) is 0 Å². The third kappa shape index (κ3) is 3.15. The summed E-state index contributed by atoms with van der Waals surface area (Å²) >= 11 is 0. The molecule has 0 aliphatic heterocycles. The van der Waals surface area contributed by atoms with Gasteiger partial charge in [-0.15, -0.1) is 0 Å². The zero-order chi connectivity index (χ0) is 15.7. The number of hydrogen-bond donors (Lipinski definition) is 1. The maximum absolute atomic E-state index is 13.9. The summed E-state index contributed by atoms with van der Waals surface area (Å²) in [6.45, 7) is 4.74. The number of halogens is 3. The largest absolute Gasteiger partial charge is 0.309 e. The highest BCUT2D eigenvalue weighted by Crippen LogP contribution is 2.35. The molecule has 0 aliphatic carbocycles. The predicted molar refractivity (Wildman–Crippen MR) is 71.7 cm³/mol. The molecule has 0 spiro atoms. The Morgan fingerprint density at radius 2 is 1.65 bits per heavy atom. The van der Waals surface area contributed by atoms with Gasteiger partial charge >= 0.3 is 0 Å². The third-order valence-electron chi connectivity index (χ3n) is 3.39. The van der Waals surface area contributed by atoms with Crippen LogP contribution >= 0.6 is 0 Å². The molecular weight excluding hydrogens is 291 g/mol. The molecule has 3 nitrogen and oxygen atoms in total. The van der Waals surface area contributed by atoms with Gasteiger partial charge in [0.1, 0.15) is 17.5 Å². The molecule has 0 saturated heterocycles. The van der Waals surface area contributed by atoms with Gasteiger partial charge in [0.25, 0.3) is 0 Å². The summed E-state index contributed by atoms with van der Waals surface area (Å²) in [5.74, 6) is -3.26. The zero-order valence-corrected chi connectivity index (χ0v) is 12.6. The van der Waals surface area contributed by atoms with E-state index < -0.39 is 43.6 Å². The third-order valence-corrected chi connectivity index (χ3v) is 5.54. The van der Waals surface area contributed by atoms with Gasteiger partial charge in [-0.1, -0.05) is 6.92 Å². The highest BCUT2D eigenvalue weighted by Gasteiger charge is 2.42. The van der Waals surface area contributed by atoms with Gasteiger partial charge in [0.2, 0.25) is 0 Å². The number of nitrogens with one attached hydrogen (secondary N) is 1. The average molecular weight is 309 g/mol. The summed E-state index contributed by atoms with van der Waals surface area (Å²) in [6.07, 6.45) is 0.997. The Bertz CT molecular complexity index is 577. The minimum Gasteiger partial charge on any atom is -0.309 e. The summed E-state index contributed by atoms with van der Waals surface area (Å²) in [4.78, 5) is 0. The van der Waals surface area contributed by atoms with Crippen LogP contribution in [0.5, 0.6) is 0 Å². The van der Waals surface area contributed by atoms with Gasteiger partial charge in [0.15, 0.2) is 9.84 Å². The van der Waals surface area contributed by atoms with Crippen LogP contribution in [-0.2, 0) is 9.84 Å². The molecule has 0 aliphatic rings. The van der Waals surface area contributed by atoms with Gasteiger partial charge in [-0.05, 0) is 20.4 Å². The highest BCUT2D eigenvalue weighted by atomic mass is 32.2. The summed E-state index contributed by atoms with van der Waals surface area (Å²) in [6, 6.07) is -0.0366. The first kappa shape index (κ1) is 17.0. The van der Waals surface area contributed by atoms with Crippen LogP contribution in [0.3, 0.4) is 0 Å². The lowest BCUT2D eigenvalue weighted by Crippen LogP contribution is -2.45. The van der Waals surface area contributed by atoms with Crippen LogP contribution in [0.2, 0.25) is 0 Å². The Morgan fingerprint density at radius 1 is 1.20 bits per heavy atom. The summed E-state index contributed by atoms with van der Waals surface area (Å²) in [5, 5.41) is 2.77. The molecule has 0 saturated carbocycles. The molecule has 0 heterocycles. The summed E-state index contributed by atoms with van der Waals surface area (Å²) < 4.78 is 63.0. The molecule has 114 valence electrons. The van der Waals surface area contributed by atoms with Crippen LogP contribution in [0.25, 0.3) is 0 Å². The van der Waals surface area contributed by atoms with Gasteiger partial charge < -0.3 is 5.32 Å². The molecule has 1 atom stereocenters. The predicted octanol–water partition coefficient (Wildman–Crippen LogP) is 2.58. The Labute approximate surface area is 117 Å². The van der Waals surface area contributed by atoms with Crippen LogP contribution in [0.15, 0.2) is 12.1 Å². The van der Waals surface area contributed by atoms with Crippen LogP contribution in [-0.4, -0.2) is 26.0 Å². The first-order valence-corrected chi connectivity index (χ1v) is 7.99. The van der Waals surface area contributed by atoms with E-state index in [0.29, 0.717) is 18.7 Å². The van der Waals surface area contributed by atoms with Crippen molar-refractivity contribution in [2.45, 2.75) is 31.6 Å². The molecule has 0 amide bonds. The maximum Gasteiger partial charge on any atom is 0.154 e. The number of hydrogen-bond acceptors (Lipinski definition) is 3. The SMILES string of the molecule is CCNC(c1c(F)cc(F)cc1F)C(C)(C)S(C)(=O)=O. The van der Waals surface area contributed by atoms with E-state index in [1.165, 1.54) is 13.8 Å². The van der Waals surface area contributed by atoms with Crippen LogP contribution in [0, 0.1) is 17.5 Å². The lowest BCUT2D eigenvalue weighted by Gasteiger charge is -2.34. The fourth-order valence-electron chi connectivity index (χ4n) is 1.94. The number of rotatable bonds is 5. The van der Waals surface area contributed by atoms with Crippen molar-refractivity contribution in [3.05, 3.63) is 35.1 Å². The first-order chi connectivity index (χ1) is 9.02.